The molecule has 6 nitrogen and oxygen atoms in total. The van der Waals surface area contributed by atoms with E-state index in [-0.39, 0.29) is 17.7 Å². The van der Waals surface area contributed by atoms with Crippen LogP contribution in [0.15, 0.2) is 18.2 Å². The molecule has 0 aliphatic carbocycles. The SMILES string of the molecule is O=[N+]([O-])c1cc(Cl)ccc1NCC1(CCO)CCOC1. The fourth-order valence-corrected chi connectivity index (χ4v) is 2.57. The smallest absolute Gasteiger partial charge is 0.293 e. The monoisotopic (exact) mass is 300 g/mol. The van der Waals surface area contributed by atoms with Crippen molar-refractivity contribution >= 4 is 23.0 Å². The molecule has 0 amide bonds. The number of halogens is 1. The molecular formula is C13H17ClN2O4. The number of ether oxygens (including phenoxy) is 1. The molecule has 0 aromatic heterocycles. The first-order chi connectivity index (χ1) is 9.56. The average Bonchev–Trinajstić information content (AvgIpc) is 2.86. The van der Waals surface area contributed by atoms with Gasteiger partial charge >= 0.3 is 0 Å². The molecule has 0 bridgehead atoms. The van der Waals surface area contributed by atoms with Gasteiger partial charge in [0.1, 0.15) is 5.69 Å². The highest BCUT2D eigenvalue weighted by atomic mass is 35.5. The third kappa shape index (κ3) is 3.39. The van der Waals surface area contributed by atoms with Crippen molar-refractivity contribution < 1.29 is 14.8 Å². The molecule has 20 heavy (non-hydrogen) atoms. The molecule has 1 fully saturated rings. The molecule has 1 aromatic carbocycles. The molecule has 1 saturated heterocycles. The van der Waals surface area contributed by atoms with Crippen LogP contribution in [0.4, 0.5) is 11.4 Å². The van der Waals surface area contributed by atoms with Gasteiger partial charge in [-0.2, -0.15) is 0 Å². The zero-order chi connectivity index (χ0) is 14.6. The molecule has 1 atom stereocenters. The van der Waals surface area contributed by atoms with Crippen molar-refractivity contribution in [2.45, 2.75) is 12.8 Å². The highest BCUT2D eigenvalue weighted by molar-refractivity contribution is 6.30. The normalized spacial score (nSPS) is 21.9. The Balaban J connectivity index is 2.12. The van der Waals surface area contributed by atoms with Crippen molar-refractivity contribution in [2.75, 3.05) is 31.7 Å². The van der Waals surface area contributed by atoms with Crippen LogP contribution in [0, 0.1) is 15.5 Å². The fourth-order valence-electron chi connectivity index (χ4n) is 2.40. The average molecular weight is 301 g/mol. The second-order valence-corrected chi connectivity index (χ2v) is 5.48. The van der Waals surface area contributed by atoms with Crippen LogP contribution >= 0.6 is 11.6 Å². The third-order valence-corrected chi connectivity index (χ3v) is 3.87. The lowest BCUT2D eigenvalue weighted by molar-refractivity contribution is -0.383. The van der Waals surface area contributed by atoms with Gasteiger partial charge in [0.2, 0.25) is 0 Å². The van der Waals surface area contributed by atoms with Crippen LogP contribution in [-0.4, -0.2) is 36.4 Å². The van der Waals surface area contributed by atoms with E-state index in [0.717, 1.165) is 6.42 Å². The summed E-state index contributed by atoms with van der Waals surface area (Å²) in [7, 11) is 0. The molecule has 1 aliphatic rings. The van der Waals surface area contributed by atoms with Crippen molar-refractivity contribution in [3.63, 3.8) is 0 Å². The van der Waals surface area contributed by atoms with Crippen molar-refractivity contribution in [1.82, 2.24) is 0 Å². The Bertz CT molecular complexity index is 489. The van der Waals surface area contributed by atoms with Crippen LogP contribution in [0.3, 0.4) is 0 Å². The van der Waals surface area contributed by atoms with Crippen LogP contribution < -0.4 is 5.32 Å². The maximum Gasteiger partial charge on any atom is 0.293 e. The van der Waals surface area contributed by atoms with E-state index >= 15 is 0 Å². The predicted molar refractivity (Wildman–Crippen MR) is 76.2 cm³/mol. The Morgan fingerprint density at radius 3 is 2.95 bits per heavy atom. The zero-order valence-electron chi connectivity index (χ0n) is 11.0. The number of nitrogens with zero attached hydrogens (tertiary/aromatic N) is 1. The molecule has 0 radical (unpaired) electrons. The van der Waals surface area contributed by atoms with Gasteiger partial charge in [-0.1, -0.05) is 11.6 Å². The zero-order valence-corrected chi connectivity index (χ0v) is 11.7. The number of benzene rings is 1. The van der Waals surface area contributed by atoms with Gasteiger partial charge in [-0.05, 0) is 25.0 Å². The number of aliphatic hydroxyl groups is 1. The van der Waals surface area contributed by atoms with Crippen LogP contribution in [0.2, 0.25) is 5.02 Å². The van der Waals surface area contributed by atoms with Gasteiger partial charge in [0, 0.05) is 36.3 Å². The molecule has 110 valence electrons. The summed E-state index contributed by atoms with van der Waals surface area (Å²) in [6.45, 7) is 1.82. The van der Waals surface area contributed by atoms with E-state index in [9.17, 15) is 10.1 Å². The highest BCUT2D eigenvalue weighted by Gasteiger charge is 2.34. The summed E-state index contributed by atoms with van der Waals surface area (Å²) in [6, 6.07) is 4.54. The van der Waals surface area contributed by atoms with E-state index in [1.807, 2.05) is 0 Å². The molecule has 1 aromatic rings. The second-order valence-electron chi connectivity index (χ2n) is 5.05. The Hall–Kier alpha value is -1.37. The summed E-state index contributed by atoms with van der Waals surface area (Å²) in [5.41, 5.74) is 0.224. The Kier molecular flexibility index (Phi) is 4.80. The molecule has 0 saturated carbocycles. The number of anilines is 1. The second kappa shape index (κ2) is 6.39. The molecule has 0 spiro atoms. The van der Waals surface area contributed by atoms with Gasteiger partial charge in [-0.15, -0.1) is 0 Å². The largest absolute Gasteiger partial charge is 0.396 e. The minimum atomic E-state index is -0.460. The highest BCUT2D eigenvalue weighted by Crippen LogP contribution is 2.34. The number of hydrogen-bond acceptors (Lipinski definition) is 5. The Morgan fingerprint density at radius 1 is 1.55 bits per heavy atom. The third-order valence-electron chi connectivity index (χ3n) is 3.64. The first-order valence-electron chi connectivity index (χ1n) is 6.43. The summed E-state index contributed by atoms with van der Waals surface area (Å²) in [6.07, 6.45) is 1.45. The van der Waals surface area contributed by atoms with Gasteiger partial charge < -0.3 is 15.2 Å². The maximum atomic E-state index is 11.0. The molecule has 2 rings (SSSR count). The lowest BCUT2D eigenvalue weighted by atomic mass is 9.84. The maximum absolute atomic E-state index is 11.0. The van der Waals surface area contributed by atoms with Crippen LogP contribution in [0.1, 0.15) is 12.8 Å². The Morgan fingerprint density at radius 2 is 2.35 bits per heavy atom. The van der Waals surface area contributed by atoms with E-state index in [1.165, 1.54) is 6.07 Å². The minimum Gasteiger partial charge on any atom is -0.396 e. The van der Waals surface area contributed by atoms with Crippen molar-refractivity contribution in [1.29, 1.82) is 0 Å². The summed E-state index contributed by atoms with van der Waals surface area (Å²) in [5, 5.41) is 23.6. The predicted octanol–water partition coefficient (Wildman–Crippen LogP) is 2.45. The van der Waals surface area contributed by atoms with E-state index < -0.39 is 4.92 Å². The van der Waals surface area contributed by atoms with Gasteiger partial charge in [0.05, 0.1) is 11.5 Å². The topological polar surface area (TPSA) is 84.6 Å². The molecule has 1 heterocycles. The van der Waals surface area contributed by atoms with Crippen molar-refractivity contribution in [3.05, 3.63) is 33.3 Å². The van der Waals surface area contributed by atoms with Crippen LogP contribution in [0.5, 0.6) is 0 Å². The van der Waals surface area contributed by atoms with Crippen LogP contribution in [-0.2, 0) is 4.74 Å². The lowest BCUT2D eigenvalue weighted by Crippen LogP contribution is -2.31. The van der Waals surface area contributed by atoms with Crippen molar-refractivity contribution in [2.24, 2.45) is 5.41 Å². The number of rotatable bonds is 6. The van der Waals surface area contributed by atoms with Gasteiger partial charge in [0.15, 0.2) is 0 Å². The Labute approximate surface area is 121 Å². The lowest BCUT2D eigenvalue weighted by Gasteiger charge is -2.27. The summed E-state index contributed by atoms with van der Waals surface area (Å²) >= 11 is 5.78. The van der Waals surface area contributed by atoms with Gasteiger partial charge in [-0.3, -0.25) is 10.1 Å². The van der Waals surface area contributed by atoms with Gasteiger partial charge in [-0.25, -0.2) is 0 Å². The minimum absolute atomic E-state index is 0.0458. The first-order valence-corrected chi connectivity index (χ1v) is 6.81. The standard InChI is InChI=1S/C13H17ClN2O4/c14-10-1-2-11(12(7-10)16(18)19)15-8-13(3-5-17)4-6-20-9-13/h1-2,7,15,17H,3-6,8-9H2. The molecule has 1 unspecified atom stereocenters. The van der Waals surface area contributed by atoms with Crippen LogP contribution in [0.25, 0.3) is 0 Å². The quantitative estimate of drug-likeness (QED) is 0.622. The van der Waals surface area contributed by atoms with Crippen molar-refractivity contribution in [3.8, 4) is 0 Å². The fraction of sp³-hybridized carbons (Fsp3) is 0.538. The number of nitro benzene ring substituents is 1. The summed E-state index contributed by atoms with van der Waals surface area (Å²) in [4.78, 5) is 10.6. The van der Waals surface area contributed by atoms with E-state index in [4.69, 9.17) is 21.4 Å². The number of nitro groups is 1. The number of hydrogen-bond donors (Lipinski definition) is 2. The summed E-state index contributed by atoms with van der Waals surface area (Å²) < 4.78 is 5.39. The molecule has 1 aliphatic heterocycles. The van der Waals surface area contributed by atoms with E-state index in [0.29, 0.717) is 36.9 Å². The van der Waals surface area contributed by atoms with E-state index in [1.54, 1.807) is 12.1 Å². The van der Waals surface area contributed by atoms with E-state index in [2.05, 4.69) is 5.32 Å². The number of nitrogens with one attached hydrogen (secondary N) is 1. The first kappa shape index (κ1) is 15.0. The molecular weight excluding hydrogens is 284 g/mol. The summed E-state index contributed by atoms with van der Waals surface area (Å²) in [5.74, 6) is 0. The van der Waals surface area contributed by atoms with Gasteiger partial charge in [0.25, 0.3) is 5.69 Å². The molecule has 2 N–H and O–H groups in total. The number of aliphatic hydroxyl groups excluding tert-OH is 1. The molecule has 7 heteroatoms.